The standard InChI is InChI=1S/C15H18N4O2/c1-9(2)13(19-15(16)21)14(20)18-12-7-3-6-11-10(12)5-4-8-17-11/h3-9,13H,1-2H3,(H,18,20)(H3,16,19,21)/t13-/m0/s1. The molecule has 21 heavy (non-hydrogen) atoms. The van der Waals surface area contributed by atoms with Crippen molar-refractivity contribution in [2.24, 2.45) is 11.7 Å². The fourth-order valence-corrected chi connectivity index (χ4v) is 2.11. The van der Waals surface area contributed by atoms with Crippen LogP contribution in [0.25, 0.3) is 10.9 Å². The minimum atomic E-state index is -0.719. The number of pyridine rings is 1. The van der Waals surface area contributed by atoms with Gasteiger partial charge in [0.1, 0.15) is 6.04 Å². The van der Waals surface area contributed by atoms with Gasteiger partial charge in [0.15, 0.2) is 0 Å². The van der Waals surface area contributed by atoms with Crippen LogP contribution in [0, 0.1) is 5.92 Å². The van der Waals surface area contributed by atoms with E-state index in [-0.39, 0.29) is 11.8 Å². The zero-order valence-corrected chi connectivity index (χ0v) is 12.0. The summed E-state index contributed by atoms with van der Waals surface area (Å²) in [5, 5.41) is 6.12. The fraction of sp³-hybridized carbons (Fsp3) is 0.267. The van der Waals surface area contributed by atoms with Crippen molar-refractivity contribution in [3.63, 3.8) is 0 Å². The van der Waals surface area contributed by atoms with E-state index in [1.807, 2.05) is 32.0 Å². The Morgan fingerprint density at radius 2 is 1.95 bits per heavy atom. The van der Waals surface area contributed by atoms with Crippen LogP contribution < -0.4 is 16.4 Å². The lowest BCUT2D eigenvalue weighted by atomic mass is 10.0. The largest absolute Gasteiger partial charge is 0.352 e. The summed E-state index contributed by atoms with van der Waals surface area (Å²) in [4.78, 5) is 27.6. The quantitative estimate of drug-likeness (QED) is 0.800. The summed E-state index contributed by atoms with van der Waals surface area (Å²) < 4.78 is 0. The van der Waals surface area contributed by atoms with Crippen LogP contribution in [0.2, 0.25) is 0 Å². The van der Waals surface area contributed by atoms with E-state index in [1.165, 1.54) is 0 Å². The number of hydrogen-bond acceptors (Lipinski definition) is 3. The number of nitrogens with one attached hydrogen (secondary N) is 2. The molecule has 0 aliphatic rings. The fourth-order valence-electron chi connectivity index (χ4n) is 2.11. The van der Waals surface area contributed by atoms with Crippen LogP contribution in [0.1, 0.15) is 13.8 Å². The van der Waals surface area contributed by atoms with Crippen LogP contribution in [-0.2, 0) is 4.79 Å². The van der Waals surface area contributed by atoms with Crippen molar-refractivity contribution in [3.05, 3.63) is 36.5 Å². The summed E-state index contributed by atoms with van der Waals surface area (Å²) in [5.74, 6) is -0.384. The maximum absolute atomic E-state index is 12.3. The number of amides is 3. The molecule has 0 aliphatic carbocycles. The average molecular weight is 286 g/mol. The highest BCUT2D eigenvalue weighted by atomic mass is 16.2. The second kappa shape index (κ2) is 6.21. The van der Waals surface area contributed by atoms with Crippen LogP contribution in [0.4, 0.5) is 10.5 Å². The number of hydrogen-bond donors (Lipinski definition) is 3. The molecule has 4 N–H and O–H groups in total. The Labute approximate surface area is 122 Å². The molecule has 6 heteroatoms. The number of anilines is 1. The van der Waals surface area contributed by atoms with E-state index in [2.05, 4.69) is 15.6 Å². The number of nitrogens with two attached hydrogens (primary N) is 1. The van der Waals surface area contributed by atoms with Gasteiger partial charge in [0.05, 0.1) is 11.2 Å². The number of aromatic nitrogens is 1. The molecule has 110 valence electrons. The van der Waals surface area contributed by atoms with Gasteiger partial charge in [-0.05, 0) is 30.2 Å². The van der Waals surface area contributed by atoms with Crippen molar-refractivity contribution in [2.75, 3.05) is 5.32 Å². The maximum atomic E-state index is 12.3. The minimum absolute atomic E-state index is 0.0781. The van der Waals surface area contributed by atoms with E-state index >= 15 is 0 Å². The molecule has 0 fully saturated rings. The summed E-state index contributed by atoms with van der Waals surface area (Å²) in [6, 6.07) is 7.76. The number of benzene rings is 1. The number of carbonyl (C=O) groups excluding carboxylic acids is 2. The number of nitrogens with zero attached hydrogens (tertiary/aromatic N) is 1. The summed E-state index contributed by atoms with van der Waals surface area (Å²) in [6.07, 6.45) is 1.69. The molecule has 2 aromatic rings. The van der Waals surface area contributed by atoms with Crippen molar-refractivity contribution < 1.29 is 9.59 Å². The molecular formula is C15H18N4O2. The number of rotatable bonds is 4. The predicted molar refractivity (Wildman–Crippen MR) is 81.7 cm³/mol. The van der Waals surface area contributed by atoms with Gasteiger partial charge in [0.25, 0.3) is 0 Å². The van der Waals surface area contributed by atoms with Crippen LogP contribution >= 0.6 is 0 Å². The minimum Gasteiger partial charge on any atom is -0.352 e. The lowest BCUT2D eigenvalue weighted by Gasteiger charge is -2.21. The lowest BCUT2D eigenvalue weighted by Crippen LogP contribution is -2.49. The molecule has 1 heterocycles. The number of primary amides is 1. The van der Waals surface area contributed by atoms with Gasteiger partial charge in [-0.25, -0.2) is 4.79 Å². The van der Waals surface area contributed by atoms with E-state index in [0.29, 0.717) is 5.69 Å². The Hall–Kier alpha value is -2.63. The van der Waals surface area contributed by atoms with Gasteiger partial charge in [-0.3, -0.25) is 9.78 Å². The van der Waals surface area contributed by atoms with Gasteiger partial charge in [0, 0.05) is 11.6 Å². The molecular weight excluding hydrogens is 268 g/mol. The molecule has 0 spiro atoms. The number of carbonyl (C=O) groups is 2. The summed E-state index contributed by atoms with van der Waals surface area (Å²) in [7, 11) is 0. The molecule has 3 amide bonds. The van der Waals surface area contributed by atoms with Gasteiger partial charge >= 0.3 is 6.03 Å². The Kier molecular flexibility index (Phi) is 4.37. The molecule has 6 nitrogen and oxygen atoms in total. The first-order valence-corrected chi connectivity index (χ1v) is 6.69. The Bertz CT molecular complexity index is 664. The molecule has 0 radical (unpaired) electrons. The van der Waals surface area contributed by atoms with Crippen LogP contribution in [-0.4, -0.2) is 23.0 Å². The van der Waals surface area contributed by atoms with Gasteiger partial charge < -0.3 is 16.4 Å². The Balaban J connectivity index is 2.26. The third-order valence-corrected chi connectivity index (χ3v) is 3.15. The van der Waals surface area contributed by atoms with Gasteiger partial charge in [-0.1, -0.05) is 19.9 Å². The summed E-state index contributed by atoms with van der Waals surface area (Å²) in [5.41, 5.74) is 6.56. The van der Waals surface area contributed by atoms with Crippen molar-refractivity contribution >= 4 is 28.5 Å². The van der Waals surface area contributed by atoms with Gasteiger partial charge in [-0.2, -0.15) is 0 Å². The molecule has 1 atom stereocenters. The second-order valence-electron chi connectivity index (χ2n) is 5.10. The van der Waals surface area contributed by atoms with Crippen LogP contribution in [0.5, 0.6) is 0 Å². The van der Waals surface area contributed by atoms with Crippen molar-refractivity contribution in [1.82, 2.24) is 10.3 Å². The van der Waals surface area contributed by atoms with Crippen molar-refractivity contribution in [3.8, 4) is 0 Å². The smallest absolute Gasteiger partial charge is 0.312 e. The van der Waals surface area contributed by atoms with Crippen molar-refractivity contribution in [1.29, 1.82) is 0 Å². The normalized spacial score (nSPS) is 12.1. The van der Waals surface area contributed by atoms with Gasteiger partial charge in [-0.15, -0.1) is 0 Å². The zero-order valence-electron chi connectivity index (χ0n) is 12.0. The first-order chi connectivity index (χ1) is 9.99. The van der Waals surface area contributed by atoms with Gasteiger partial charge in [0.2, 0.25) is 5.91 Å². The lowest BCUT2D eigenvalue weighted by molar-refractivity contribution is -0.118. The molecule has 0 bridgehead atoms. The van der Waals surface area contributed by atoms with E-state index < -0.39 is 12.1 Å². The third-order valence-electron chi connectivity index (χ3n) is 3.15. The highest BCUT2D eigenvalue weighted by Gasteiger charge is 2.23. The maximum Gasteiger partial charge on any atom is 0.312 e. The SMILES string of the molecule is CC(C)[C@H](NC(N)=O)C(=O)Nc1cccc2ncccc12. The monoisotopic (exact) mass is 286 g/mol. The zero-order chi connectivity index (χ0) is 15.4. The first-order valence-electron chi connectivity index (χ1n) is 6.69. The highest BCUT2D eigenvalue weighted by Crippen LogP contribution is 2.21. The summed E-state index contributed by atoms with van der Waals surface area (Å²) >= 11 is 0. The Morgan fingerprint density at radius 3 is 2.62 bits per heavy atom. The van der Waals surface area contributed by atoms with Crippen LogP contribution in [0.3, 0.4) is 0 Å². The Morgan fingerprint density at radius 1 is 1.19 bits per heavy atom. The molecule has 2 rings (SSSR count). The first kappa shape index (κ1) is 14.8. The average Bonchev–Trinajstić information content (AvgIpc) is 2.44. The molecule has 1 aromatic heterocycles. The second-order valence-corrected chi connectivity index (χ2v) is 5.10. The molecule has 0 unspecified atom stereocenters. The highest BCUT2D eigenvalue weighted by molar-refractivity contribution is 6.03. The van der Waals surface area contributed by atoms with E-state index in [9.17, 15) is 9.59 Å². The molecule has 0 saturated carbocycles. The predicted octanol–water partition coefficient (Wildman–Crippen LogP) is 1.87. The third kappa shape index (κ3) is 3.47. The molecule has 1 aromatic carbocycles. The number of urea groups is 1. The molecule has 0 saturated heterocycles. The summed E-state index contributed by atoms with van der Waals surface area (Å²) in [6.45, 7) is 3.68. The van der Waals surface area contributed by atoms with Crippen molar-refractivity contribution in [2.45, 2.75) is 19.9 Å². The topological polar surface area (TPSA) is 97.1 Å². The number of fused-ring (bicyclic) bond motifs is 1. The van der Waals surface area contributed by atoms with Crippen LogP contribution in [0.15, 0.2) is 36.5 Å². The van der Waals surface area contributed by atoms with E-state index in [1.54, 1.807) is 18.3 Å². The van der Waals surface area contributed by atoms with E-state index in [4.69, 9.17) is 5.73 Å². The van der Waals surface area contributed by atoms with E-state index in [0.717, 1.165) is 10.9 Å². The molecule has 0 aliphatic heterocycles.